The molecule has 160 valence electrons. The molecule has 1 aliphatic rings. The van der Waals surface area contributed by atoms with Crippen molar-refractivity contribution in [2.75, 3.05) is 13.2 Å². The van der Waals surface area contributed by atoms with Crippen LogP contribution in [0.3, 0.4) is 0 Å². The van der Waals surface area contributed by atoms with Gasteiger partial charge in [0.05, 0.1) is 6.21 Å². The maximum absolute atomic E-state index is 12.6. The number of aromatic nitrogens is 1. The smallest absolute Gasteiger partial charge is 0.271 e. The number of rotatable bonds is 5. The molecule has 1 N–H and O–H groups in total. The van der Waals surface area contributed by atoms with Crippen molar-refractivity contribution in [3.8, 4) is 11.5 Å². The highest BCUT2D eigenvalue weighted by Crippen LogP contribution is 2.30. The van der Waals surface area contributed by atoms with Gasteiger partial charge in [-0.3, -0.25) is 4.79 Å². The maximum Gasteiger partial charge on any atom is 0.271 e. The Hall–Kier alpha value is -4.06. The summed E-state index contributed by atoms with van der Waals surface area (Å²) in [6.45, 7) is 3.83. The third-order valence-corrected chi connectivity index (χ3v) is 5.63. The van der Waals surface area contributed by atoms with Gasteiger partial charge in [0.25, 0.3) is 5.91 Å². The summed E-state index contributed by atoms with van der Waals surface area (Å²) in [5, 5.41) is 5.35. The molecule has 0 atom stereocenters. The van der Waals surface area contributed by atoms with Crippen LogP contribution in [-0.2, 0) is 6.54 Å². The molecule has 1 aliphatic heterocycles. The summed E-state index contributed by atoms with van der Waals surface area (Å²) in [6.07, 6.45) is 1.72. The van der Waals surface area contributed by atoms with Crippen LogP contribution in [0.15, 0.2) is 77.9 Å². The Morgan fingerprint density at radius 3 is 2.59 bits per heavy atom. The van der Waals surface area contributed by atoms with Crippen LogP contribution in [0.1, 0.15) is 27.2 Å². The molecule has 0 saturated carbocycles. The van der Waals surface area contributed by atoms with Crippen LogP contribution in [0.2, 0.25) is 0 Å². The van der Waals surface area contributed by atoms with Crippen molar-refractivity contribution < 1.29 is 14.3 Å². The van der Waals surface area contributed by atoms with Gasteiger partial charge in [0.2, 0.25) is 0 Å². The zero-order valence-corrected chi connectivity index (χ0v) is 17.7. The Morgan fingerprint density at radius 1 is 1.00 bits per heavy atom. The maximum atomic E-state index is 12.6. The fourth-order valence-electron chi connectivity index (χ4n) is 4.00. The Kier molecular flexibility index (Phi) is 5.34. The van der Waals surface area contributed by atoms with Crippen molar-refractivity contribution in [3.63, 3.8) is 0 Å². The van der Waals surface area contributed by atoms with Gasteiger partial charge in [0.1, 0.15) is 13.2 Å². The average molecular weight is 425 g/mol. The minimum atomic E-state index is -0.302. The normalized spacial score (nSPS) is 12.9. The summed E-state index contributed by atoms with van der Waals surface area (Å²) in [5.41, 5.74) is 7.53. The number of amides is 1. The van der Waals surface area contributed by atoms with Gasteiger partial charge in [-0.15, -0.1) is 0 Å². The van der Waals surface area contributed by atoms with Crippen LogP contribution >= 0.6 is 0 Å². The molecular weight excluding hydrogens is 402 g/mol. The van der Waals surface area contributed by atoms with Gasteiger partial charge in [0.15, 0.2) is 11.5 Å². The van der Waals surface area contributed by atoms with Crippen molar-refractivity contribution >= 4 is 23.0 Å². The summed E-state index contributed by atoms with van der Waals surface area (Å²) < 4.78 is 13.3. The third kappa shape index (κ3) is 3.83. The van der Waals surface area contributed by atoms with E-state index in [0.717, 1.165) is 28.7 Å². The first kappa shape index (κ1) is 19.9. The van der Waals surface area contributed by atoms with E-state index in [9.17, 15) is 4.79 Å². The number of para-hydroxylation sites is 1. The molecule has 1 amide bonds. The predicted molar refractivity (Wildman–Crippen MR) is 125 cm³/mol. The van der Waals surface area contributed by atoms with Crippen molar-refractivity contribution in [2.45, 2.75) is 13.5 Å². The first-order chi connectivity index (χ1) is 15.7. The van der Waals surface area contributed by atoms with Gasteiger partial charge in [-0.1, -0.05) is 48.5 Å². The number of nitrogens with one attached hydrogen (secondary N) is 1. The van der Waals surface area contributed by atoms with Gasteiger partial charge in [-0.05, 0) is 36.8 Å². The lowest BCUT2D eigenvalue weighted by molar-refractivity contribution is 0.0954. The van der Waals surface area contributed by atoms with E-state index in [4.69, 9.17) is 9.47 Å². The van der Waals surface area contributed by atoms with E-state index in [1.165, 1.54) is 5.56 Å². The molecule has 6 heteroatoms. The summed E-state index contributed by atoms with van der Waals surface area (Å²) >= 11 is 0. The van der Waals surface area contributed by atoms with Crippen LogP contribution in [0.25, 0.3) is 10.9 Å². The number of hydrogen-bond donors (Lipinski definition) is 1. The Balaban J connectivity index is 1.39. The highest BCUT2D eigenvalue weighted by Gasteiger charge is 2.15. The molecule has 32 heavy (non-hydrogen) atoms. The van der Waals surface area contributed by atoms with E-state index in [0.29, 0.717) is 30.3 Å². The minimum absolute atomic E-state index is 0.302. The second kappa shape index (κ2) is 8.59. The standard InChI is InChI=1S/C26H23N3O3/c1-18-22(16-27-28-26(30)20-11-12-24-25(15-20)32-14-13-31-24)21-9-5-6-10-23(21)29(18)17-19-7-3-2-4-8-19/h2-12,15-16H,13-14,17H2,1H3,(H,28,30)/b27-16-. The van der Waals surface area contributed by atoms with Gasteiger partial charge in [0, 0.05) is 34.3 Å². The third-order valence-electron chi connectivity index (χ3n) is 5.63. The van der Waals surface area contributed by atoms with E-state index in [1.807, 2.05) is 30.3 Å². The summed E-state index contributed by atoms with van der Waals surface area (Å²) in [5.74, 6) is 0.926. The lowest BCUT2D eigenvalue weighted by Crippen LogP contribution is -2.19. The largest absolute Gasteiger partial charge is 0.486 e. The molecule has 4 aromatic rings. The summed E-state index contributed by atoms with van der Waals surface area (Å²) in [6, 6.07) is 23.7. The zero-order valence-electron chi connectivity index (χ0n) is 17.7. The first-order valence-corrected chi connectivity index (χ1v) is 10.6. The van der Waals surface area contributed by atoms with Crippen LogP contribution in [-0.4, -0.2) is 29.9 Å². The molecule has 0 bridgehead atoms. The van der Waals surface area contributed by atoms with Crippen molar-refractivity contribution in [1.29, 1.82) is 0 Å². The summed E-state index contributed by atoms with van der Waals surface area (Å²) in [4.78, 5) is 12.6. The van der Waals surface area contributed by atoms with Crippen LogP contribution in [0.5, 0.6) is 11.5 Å². The average Bonchev–Trinajstić information content (AvgIpc) is 3.10. The van der Waals surface area contributed by atoms with Crippen LogP contribution in [0.4, 0.5) is 0 Å². The summed E-state index contributed by atoms with van der Waals surface area (Å²) in [7, 11) is 0. The van der Waals surface area contributed by atoms with Gasteiger partial charge in [-0.25, -0.2) is 5.43 Å². The van der Waals surface area contributed by atoms with Gasteiger partial charge in [-0.2, -0.15) is 5.10 Å². The van der Waals surface area contributed by atoms with Crippen molar-refractivity contribution in [2.24, 2.45) is 5.10 Å². The molecule has 0 saturated heterocycles. The molecule has 5 rings (SSSR count). The second-order valence-electron chi connectivity index (χ2n) is 7.65. The Labute approximate surface area is 186 Å². The molecule has 2 heterocycles. The van der Waals surface area contributed by atoms with E-state index in [2.05, 4.69) is 46.3 Å². The molecule has 1 aromatic heterocycles. The molecule has 0 unspecified atom stereocenters. The van der Waals surface area contributed by atoms with Gasteiger partial charge < -0.3 is 14.0 Å². The molecule has 0 aliphatic carbocycles. The number of nitrogens with zero attached hydrogens (tertiary/aromatic N) is 2. The lowest BCUT2D eigenvalue weighted by Gasteiger charge is -2.18. The minimum Gasteiger partial charge on any atom is -0.486 e. The van der Waals surface area contributed by atoms with E-state index >= 15 is 0 Å². The molecule has 3 aromatic carbocycles. The molecule has 6 nitrogen and oxygen atoms in total. The predicted octanol–water partition coefficient (Wildman–Crippen LogP) is 4.53. The Morgan fingerprint density at radius 2 is 1.75 bits per heavy atom. The number of benzene rings is 3. The fourth-order valence-corrected chi connectivity index (χ4v) is 4.00. The number of hydrazone groups is 1. The SMILES string of the molecule is Cc1c(/C=N\NC(=O)c2ccc3c(c2)OCCO3)c2ccccc2n1Cc1ccccc1. The number of carbonyl (C=O) groups excluding carboxylic acids is 1. The topological polar surface area (TPSA) is 64.8 Å². The lowest BCUT2D eigenvalue weighted by atomic mass is 10.1. The van der Waals surface area contributed by atoms with E-state index in [-0.39, 0.29) is 5.91 Å². The molecule has 0 fully saturated rings. The number of carbonyl (C=O) groups is 1. The first-order valence-electron chi connectivity index (χ1n) is 10.6. The quantitative estimate of drug-likeness (QED) is 0.377. The van der Waals surface area contributed by atoms with Gasteiger partial charge >= 0.3 is 0 Å². The highest BCUT2D eigenvalue weighted by molar-refractivity contribution is 6.02. The van der Waals surface area contributed by atoms with E-state index < -0.39 is 0 Å². The van der Waals surface area contributed by atoms with Crippen LogP contribution < -0.4 is 14.9 Å². The Bertz CT molecular complexity index is 1310. The number of fused-ring (bicyclic) bond motifs is 2. The molecular formula is C26H23N3O3. The molecule has 0 radical (unpaired) electrons. The monoisotopic (exact) mass is 425 g/mol. The van der Waals surface area contributed by atoms with Crippen molar-refractivity contribution in [1.82, 2.24) is 9.99 Å². The number of ether oxygens (including phenoxy) is 2. The zero-order chi connectivity index (χ0) is 21.9. The highest BCUT2D eigenvalue weighted by atomic mass is 16.6. The van der Waals surface area contributed by atoms with Crippen LogP contribution in [0, 0.1) is 6.92 Å². The molecule has 0 spiro atoms. The van der Waals surface area contributed by atoms with Crippen molar-refractivity contribution in [3.05, 3.63) is 95.2 Å². The fraction of sp³-hybridized carbons (Fsp3) is 0.154. The second-order valence-corrected chi connectivity index (χ2v) is 7.65. The van der Waals surface area contributed by atoms with E-state index in [1.54, 1.807) is 24.4 Å². The number of hydrogen-bond acceptors (Lipinski definition) is 4.